The van der Waals surface area contributed by atoms with Crippen LogP contribution >= 0.6 is 15.9 Å². The largest absolute Gasteiger partial charge is 0.376 e. The SMILES string of the molecule is Cc1c(Br)cccc1C(=O)/N=c1/cc(C(C)(C)C)n(C)n1C[C@H]1CCCO1. The Morgan fingerprint density at radius 3 is 2.74 bits per heavy atom. The molecule has 0 spiro atoms. The number of rotatable bonds is 3. The van der Waals surface area contributed by atoms with Gasteiger partial charge in [0.05, 0.1) is 12.6 Å². The minimum atomic E-state index is -0.221. The minimum Gasteiger partial charge on any atom is -0.376 e. The van der Waals surface area contributed by atoms with Gasteiger partial charge in [0.15, 0.2) is 5.49 Å². The summed E-state index contributed by atoms with van der Waals surface area (Å²) in [4.78, 5) is 17.4. The number of amides is 1. The van der Waals surface area contributed by atoms with E-state index in [1.807, 2.05) is 38.2 Å². The van der Waals surface area contributed by atoms with Crippen molar-refractivity contribution in [3.05, 3.63) is 51.0 Å². The van der Waals surface area contributed by atoms with Gasteiger partial charge in [-0.3, -0.25) is 14.2 Å². The van der Waals surface area contributed by atoms with E-state index in [2.05, 4.69) is 51.1 Å². The van der Waals surface area contributed by atoms with E-state index in [4.69, 9.17) is 4.74 Å². The predicted octanol–water partition coefficient (Wildman–Crippen LogP) is 4.12. The van der Waals surface area contributed by atoms with Crippen LogP contribution in [-0.4, -0.2) is 28.0 Å². The van der Waals surface area contributed by atoms with E-state index >= 15 is 0 Å². The van der Waals surface area contributed by atoms with Crippen molar-refractivity contribution in [3.8, 4) is 0 Å². The molecular weight excluding hydrogens is 406 g/mol. The van der Waals surface area contributed by atoms with Gasteiger partial charge in [-0.2, -0.15) is 4.99 Å². The van der Waals surface area contributed by atoms with Gasteiger partial charge in [0, 0.05) is 40.9 Å². The standard InChI is InChI=1S/C21H28BrN3O2/c1-14-16(9-6-10-17(14)22)20(26)23-19-12-18(21(2,3)4)24(5)25(19)13-15-8-7-11-27-15/h6,9-10,12,15H,7-8,11,13H2,1-5H3/b23-19-/t15-/m1/s1. The second-order valence-electron chi connectivity index (χ2n) is 8.21. The molecule has 1 fully saturated rings. The molecule has 6 heteroatoms. The maximum Gasteiger partial charge on any atom is 0.279 e. The highest BCUT2D eigenvalue weighted by atomic mass is 79.9. The first kappa shape index (κ1) is 20.1. The van der Waals surface area contributed by atoms with E-state index in [1.54, 1.807) is 0 Å². The summed E-state index contributed by atoms with van der Waals surface area (Å²) in [6.07, 6.45) is 2.30. The average Bonchev–Trinajstić information content (AvgIpc) is 3.20. The molecule has 0 radical (unpaired) electrons. The molecule has 2 heterocycles. The Balaban J connectivity index is 2.08. The highest BCUT2D eigenvalue weighted by Crippen LogP contribution is 2.22. The summed E-state index contributed by atoms with van der Waals surface area (Å²) < 4.78 is 10.9. The van der Waals surface area contributed by atoms with Crippen molar-refractivity contribution < 1.29 is 9.53 Å². The Labute approximate surface area is 169 Å². The number of ether oxygens (including phenoxy) is 1. The van der Waals surface area contributed by atoms with E-state index in [0.717, 1.165) is 35.2 Å². The number of hydrogen-bond acceptors (Lipinski definition) is 2. The van der Waals surface area contributed by atoms with Gasteiger partial charge in [0.25, 0.3) is 5.91 Å². The number of hydrogen-bond donors (Lipinski definition) is 0. The number of halogens is 1. The molecular formula is C21H28BrN3O2. The highest BCUT2D eigenvalue weighted by Gasteiger charge is 2.23. The molecule has 0 saturated carbocycles. The fourth-order valence-corrected chi connectivity index (χ4v) is 3.93. The molecule has 2 aromatic rings. The van der Waals surface area contributed by atoms with E-state index in [-0.39, 0.29) is 17.4 Å². The monoisotopic (exact) mass is 433 g/mol. The third kappa shape index (κ3) is 4.27. The van der Waals surface area contributed by atoms with Crippen molar-refractivity contribution in [3.63, 3.8) is 0 Å². The van der Waals surface area contributed by atoms with Gasteiger partial charge in [-0.1, -0.05) is 42.8 Å². The van der Waals surface area contributed by atoms with E-state index < -0.39 is 0 Å². The molecule has 1 aromatic heterocycles. The molecule has 1 saturated heterocycles. The lowest BCUT2D eigenvalue weighted by Gasteiger charge is -2.21. The van der Waals surface area contributed by atoms with Gasteiger partial charge in [-0.25, -0.2) is 0 Å². The third-order valence-electron chi connectivity index (χ3n) is 5.12. The van der Waals surface area contributed by atoms with Crippen molar-refractivity contribution in [2.45, 2.75) is 58.6 Å². The number of aromatic nitrogens is 2. The van der Waals surface area contributed by atoms with Crippen molar-refractivity contribution in [2.24, 2.45) is 12.0 Å². The molecule has 0 N–H and O–H groups in total. The van der Waals surface area contributed by atoms with E-state index in [9.17, 15) is 4.79 Å². The van der Waals surface area contributed by atoms with Crippen LogP contribution < -0.4 is 5.49 Å². The zero-order valence-electron chi connectivity index (χ0n) is 16.8. The molecule has 5 nitrogen and oxygen atoms in total. The van der Waals surface area contributed by atoms with Gasteiger partial charge in [-0.05, 0) is 37.5 Å². The third-order valence-corrected chi connectivity index (χ3v) is 5.98. The number of benzene rings is 1. The second kappa shape index (κ2) is 7.76. The summed E-state index contributed by atoms with van der Waals surface area (Å²) in [5.41, 5.74) is 3.30. The van der Waals surface area contributed by atoms with Crippen LogP contribution in [0.5, 0.6) is 0 Å². The van der Waals surface area contributed by atoms with Crippen molar-refractivity contribution in [2.75, 3.05) is 6.61 Å². The average molecular weight is 434 g/mol. The normalized spacial score (nSPS) is 18.3. The quantitative estimate of drug-likeness (QED) is 0.730. The molecule has 1 aliphatic rings. The Hall–Kier alpha value is -1.66. The van der Waals surface area contributed by atoms with E-state index in [0.29, 0.717) is 17.6 Å². The van der Waals surface area contributed by atoms with E-state index in [1.165, 1.54) is 0 Å². The molecule has 0 aliphatic carbocycles. The molecule has 27 heavy (non-hydrogen) atoms. The minimum absolute atomic E-state index is 0.0461. The smallest absolute Gasteiger partial charge is 0.279 e. The lowest BCUT2D eigenvalue weighted by atomic mass is 9.92. The van der Waals surface area contributed by atoms with Crippen LogP contribution in [0.25, 0.3) is 0 Å². The molecule has 1 amide bonds. The second-order valence-corrected chi connectivity index (χ2v) is 9.06. The lowest BCUT2D eigenvalue weighted by Crippen LogP contribution is -2.30. The van der Waals surface area contributed by atoms with Crippen molar-refractivity contribution >= 4 is 21.8 Å². The summed E-state index contributed by atoms with van der Waals surface area (Å²) in [5.74, 6) is -0.221. The number of carbonyl (C=O) groups is 1. The van der Waals surface area contributed by atoms with Crippen LogP contribution in [0.4, 0.5) is 0 Å². The Kier molecular flexibility index (Phi) is 5.77. The zero-order valence-corrected chi connectivity index (χ0v) is 18.3. The van der Waals surface area contributed by atoms with Crippen molar-refractivity contribution in [1.29, 1.82) is 0 Å². The molecule has 1 aromatic carbocycles. The topological polar surface area (TPSA) is 48.5 Å². The summed E-state index contributed by atoms with van der Waals surface area (Å²) in [5, 5.41) is 0. The zero-order chi connectivity index (χ0) is 19.8. The van der Waals surface area contributed by atoms with Crippen LogP contribution in [0.1, 0.15) is 55.2 Å². The summed E-state index contributed by atoms with van der Waals surface area (Å²) in [6, 6.07) is 7.65. The maximum atomic E-state index is 12.9. The number of carbonyl (C=O) groups excluding carboxylic acids is 1. The number of nitrogens with zero attached hydrogens (tertiary/aromatic N) is 3. The maximum absolute atomic E-state index is 12.9. The Morgan fingerprint density at radius 2 is 2.11 bits per heavy atom. The lowest BCUT2D eigenvalue weighted by molar-refractivity contribution is 0.0885. The van der Waals surface area contributed by atoms with Gasteiger partial charge in [0.1, 0.15) is 0 Å². The van der Waals surface area contributed by atoms with Crippen LogP contribution in [0.3, 0.4) is 0 Å². The van der Waals surface area contributed by atoms with Crippen molar-refractivity contribution in [1.82, 2.24) is 9.36 Å². The molecule has 146 valence electrons. The van der Waals surface area contributed by atoms with Crippen LogP contribution in [0.15, 0.2) is 33.7 Å². The Morgan fingerprint density at radius 1 is 1.37 bits per heavy atom. The fraction of sp³-hybridized carbons (Fsp3) is 0.524. The first-order valence-corrected chi connectivity index (χ1v) is 10.2. The fourth-order valence-electron chi connectivity index (χ4n) is 3.57. The molecule has 0 bridgehead atoms. The van der Waals surface area contributed by atoms with Gasteiger partial charge < -0.3 is 4.74 Å². The molecule has 1 atom stereocenters. The first-order valence-electron chi connectivity index (χ1n) is 9.41. The summed E-state index contributed by atoms with van der Waals surface area (Å²) in [6.45, 7) is 9.95. The van der Waals surface area contributed by atoms with Gasteiger partial charge >= 0.3 is 0 Å². The van der Waals surface area contributed by atoms with Crippen LogP contribution in [-0.2, 0) is 23.7 Å². The van der Waals surface area contributed by atoms with Crippen LogP contribution in [0.2, 0.25) is 0 Å². The molecule has 3 rings (SSSR count). The summed E-state index contributed by atoms with van der Waals surface area (Å²) >= 11 is 3.49. The molecule has 1 aliphatic heterocycles. The Bertz CT molecular complexity index is 912. The van der Waals surface area contributed by atoms with Gasteiger partial charge in [-0.15, -0.1) is 0 Å². The highest BCUT2D eigenvalue weighted by molar-refractivity contribution is 9.10. The summed E-state index contributed by atoms with van der Waals surface area (Å²) in [7, 11) is 2.03. The first-order chi connectivity index (χ1) is 12.7. The van der Waals surface area contributed by atoms with Crippen LogP contribution in [0, 0.1) is 6.92 Å². The predicted molar refractivity (Wildman–Crippen MR) is 110 cm³/mol. The molecule has 0 unspecified atom stereocenters. The van der Waals surface area contributed by atoms with Gasteiger partial charge in [0.2, 0.25) is 0 Å².